The fraction of sp³-hybridized carbons (Fsp3) is 0.520. The van der Waals surface area contributed by atoms with Crippen LogP contribution in [0.2, 0.25) is 0 Å². The molecule has 1 unspecified atom stereocenters. The zero-order chi connectivity index (χ0) is 24.9. The molecule has 2 amide bonds. The number of amides is 2. The van der Waals surface area contributed by atoms with E-state index in [0.29, 0.717) is 42.1 Å². The summed E-state index contributed by atoms with van der Waals surface area (Å²) in [5, 5.41) is 9.11. The molecule has 10 nitrogen and oxygen atoms in total. The number of likely N-dealkylation sites (N-methyl/N-ethyl adjacent to an activating group) is 2. The topological polar surface area (TPSA) is 112 Å². The number of carbonyl (C=O) groups excluding carboxylic acids is 2. The Morgan fingerprint density at radius 2 is 2.00 bits per heavy atom. The molecule has 10 heteroatoms. The fourth-order valence-corrected chi connectivity index (χ4v) is 4.90. The Kier molecular flexibility index (Phi) is 7.70. The van der Waals surface area contributed by atoms with Crippen LogP contribution in [0.25, 0.3) is 0 Å². The fourth-order valence-electron chi connectivity index (χ4n) is 4.90. The molecule has 1 aliphatic heterocycles. The quantitative estimate of drug-likeness (QED) is 0.469. The summed E-state index contributed by atoms with van der Waals surface area (Å²) in [7, 11) is 5.19. The van der Waals surface area contributed by atoms with Crippen LogP contribution < -0.4 is 30.5 Å². The molecule has 0 radical (unpaired) electrons. The molecule has 4 rings (SSSR count). The van der Waals surface area contributed by atoms with Gasteiger partial charge in [-0.1, -0.05) is 19.8 Å². The first-order chi connectivity index (χ1) is 17.0. The molecule has 2 aromatic rings. The van der Waals surface area contributed by atoms with Crippen molar-refractivity contribution in [2.45, 2.75) is 51.1 Å². The second-order valence-corrected chi connectivity index (χ2v) is 8.97. The molecule has 1 aliphatic carbocycles. The van der Waals surface area contributed by atoms with E-state index in [4.69, 9.17) is 9.72 Å². The molecule has 1 fully saturated rings. The monoisotopic (exact) mass is 481 g/mol. The van der Waals surface area contributed by atoms with Crippen LogP contribution in [0.5, 0.6) is 5.75 Å². The number of nitrogens with one attached hydrogen (secondary N) is 3. The number of anilines is 4. The minimum atomic E-state index is -0.228. The molecule has 1 aromatic heterocycles. The maximum absolute atomic E-state index is 13.1. The molecule has 2 aliphatic rings. The Hall–Kier alpha value is -3.40. The van der Waals surface area contributed by atoms with Crippen molar-refractivity contribution in [3.63, 3.8) is 0 Å². The van der Waals surface area contributed by atoms with Crippen LogP contribution >= 0.6 is 0 Å². The third kappa shape index (κ3) is 5.02. The minimum absolute atomic E-state index is 0.0847. The van der Waals surface area contributed by atoms with Gasteiger partial charge < -0.3 is 30.5 Å². The van der Waals surface area contributed by atoms with Crippen LogP contribution in [-0.2, 0) is 4.79 Å². The van der Waals surface area contributed by atoms with Crippen molar-refractivity contribution >= 4 is 35.0 Å². The van der Waals surface area contributed by atoms with Crippen molar-refractivity contribution < 1.29 is 14.3 Å². The van der Waals surface area contributed by atoms with Gasteiger partial charge in [0.2, 0.25) is 11.9 Å². The number of ether oxygens (including phenoxy) is 1. The van der Waals surface area contributed by atoms with Crippen LogP contribution in [0.1, 0.15) is 49.4 Å². The van der Waals surface area contributed by atoms with Crippen molar-refractivity contribution in [1.29, 1.82) is 0 Å². The van der Waals surface area contributed by atoms with E-state index in [9.17, 15) is 9.59 Å². The van der Waals surface area contributed by atoms with Gasteiger partial charge in [-0.15, -0.1) is 0 Å². The Labute approximate surface area is 206 Å². The lowest BCUT2D eigenvalue weighted by Gasteiger charge is -2.43. The van der Waals surface area contributed by atoms with E-state index in [1.54, 1.807) is 43.5 Å². The van der Waals surface area contributed by atoms with Crippen molar-refractivity contribution in [2.24, 2.45) is 0 Å². The summed E-state index contributed by atoms with van der Waals surface area (Å²) >= 11 is 0. The lowest BCUT2D eigenvalue weighted by molar-refractivity contribution is -0.120. The Bertz CT molecular complexity index is 1070. The predicted octanol–water partition coefficient (Wildman–Crippen LogP) is 2.68. The summed E-state index contributed by atoms with van der Waals surface area (Å²) in [4.78, 5) is 38.7. The minimum Gasteiger partial charge on any atom is -0.495 e. The Balaban J connectivity index is 1.62. The molecule has 188 valence electrons. The number of aromatic nitrogens is 2. The van der Waals surface area contributed by atoms with Gasteiger partial charge in [0.25, 0.3) is 5.91 Å². The first kappa shape index (κ1) is 24.7. The maximum atomic E-state index is 13.1. The van der Waals surface area contributed by atoms with Gasteiger partial charge in [0.05, 0.1) is 19.0 Å². The summed E-state index contributed by atoms with van der Waals surface area (Å²) in [6, 6.07) is 5.29. The second-order valence-electron chi connectivity index (χ2n) is 8.97. The standard InChI is InChI=1S/C25H35N7O3/c1-5-19-24(34)31(3)20-15-28-25(30-22(20)32(19)17-8-6-7-9-17)29-18-11-10-16(14-21(18)35-4)23(33)27-13-12-26-2/h10-11,14-15,17,19,26H,5-9,12-13H2,1-4H3,(H,27,33)(H,28,29,30). The Morgan fingerprint density at radius 1 is 1.23 bits per heavy atom. The average molecular weight is 482 g/mol. The molecule has 2 heterocycles. The summed E-state index contributed by atoms with van der Waals surface area (Å²) in [5.41, 5.74) is 1.88. The van der Waals surface area contributed by atoms with Crippen LogP contribution in [0, 0.1) is 0 Å². The van der Waals surface area contributed by atoms with Crippen LogP contribution in [0.15, 0.2) is 24.4 Å². The summed E-state index contributed by atoms with van der Waals surface area (Å²) in [6.07, 6.45) is 6.87. The van der Waals surface area contributed by atoms with Gasteiger partial charge in [-0.05, 0) is 44.5 Å². The highest BCUT2D eigenvalue weighted by atomic mass is 16.5. The first-order valence-corrected chi connectivity index (χ1v) is 12.3. The summed E-state index contributed by atoms with van der Waals surface area (Å²) < 4.78 is 5.54. The predicted molar refractivity (Wildman–Crippen MR) is 137 cm³/mol. The zero-order valence-electron chi connectivity index (χ0n) is 20.9. The van der Waals surface area contributed by atoms with Crippen molar-refractivity contribution in [3.05, 3.63) is 30.0 Å². The number of benzene rings is 1. The largest absolute Gasteiger partial charge is 0.495 e. The van der Waals surface area contributed by atoms with Gasteiger partial charge in [0.1, 0.15) is 17.5 Å². The van der Waals surface area contributed by atoms with E-state index in [0.717, 1.165) is 30.8 Å². The van der Waals surface area contributed by atoms with E-state index < -0.39 is 0 Å². The second kappa shape index (κ2) is 10.9. The van der Waals surface area contributed by atoms with E-state index in [1.807, 2.05) is 14.0 Å². The molecule has 0 bridgehead atoms. The smallest absolute Gasteiger partial charge is 0.251 e. The van der Waals surface area contributed by atoms with Gasteiger partial charge in [-0.3, -0.25) is 9.59 Å². The number of nitrogens with zero attached hydrogens (tertiary/aromatic N) is 4. The molecule has 1 saturated carbocycles. The van der Waals surface area contributed by atoms with Crippen LogP contribution in [-0.4, -0.2) is 68.2 Å². The molecule has 35 heavy (non-hydrogen) atoms. The molecule has 1 aromatic carbocycles. The Morgan fingerprint density at radius 3 is 2.69 bits per heavy atom. The molecule has 3 N–H and O–H groups in total. The SMILES string of the molecule is CCC1C(=O)N(C)c2cnc(Nc3ccc(C(=O)NCCNC)cc3OC)nc2N1C1CCCC1. The van der Waals surface area contributed by atoms with Crippen LogP contribution in [0.4, 0.5) is 23.1 Å². The number of fused-ring (bicyclic) bond motifs is 1. The summed E-state index contributed by atoms with van der Waals surface area (Å²) in [5.74, 6) is 1.62. The molecular weight excluding hydrogens is 446 g/mol. The number of hydrogen-bond acceptors (Lipinski definition) is 8. The van der Waals surface area contributed by atoms with Crippen molar-refractivity contribution in [1.82, 2.24) is 20.6 Å². The number of carbonyl (C=O) groups is 2. The van der Waals surface area contributed by atoms with Gasteiger partial charge in [0.15, 0.2) is 5.82 Å². The third-order valence-corrected chi connectivity index (χ3v) is 6.78. The van der Waals surface area contributed by atoms with Gasteiger partial charge in [-0.2, -0.15) is 4.98 Å². The van der Waals surface area contributed by atoms with Crippen molar-refractivity contribution in [2.75, 3.05) is 49.4 Å². The first-order valence-electron chi connectivity index (χ1n) is 12.3. The molecule has 0 spiro atoms. The molecule has 1 atom stereocenters. The van der Waals surface area contributed by atoms with Crippen molar-refractivity contribution in [3.8, 4) is 5.75 Å². The lowest BCUT2D eigenvalue weighted by Crippen LogP contribution is -2.55. The summed E-state index contributed by atoms with van der Waals surface area (Å²) in [6.45, 7) is 3.27. The number of rotatable bonds is 9. The van der Waals surface area contributed by atoms with E-state index in [2.05, 4.69) is 25.8 Å². The average Bonchev–Trinajstić information content (AvgIpc) is 3.40. The number of hydrogen-bond donors (Lipinski definition) is 3. The normalized spacial score (nSPS) is 17.9. The van der Waals surface area contributed by atoms with E-state index in [1.165, 1.54) is 12.8 Å². The highest BCUT2D eigenvalue weighted by molar-refractivity contribution is 6.04. The van der Waals surface area contributed by atoms with Crippen LogP contribution in [0.3, 0.4) is 0 Å². The number of methoxy groups -OCH3 is 1. The van der Waals surface area contributed by atoms with Gasteiger partial charge in [-0.25, -0.2) is 4.98 Å². The lowest BCUT2D eigenvalue weighted by atomic mass is 10.0. The third-order valence-electron chi connectivity index (χ3n) is 6.78. The molecular formula is C25H35N7O3. The van der Waals surface area contributed by atoms with Gasteiger partial charge in [0, 0.05) is 31.7 Å². The maximum Gasteiger partial charge on any atom is 0.251 e. The molecule has 0 saturated heterocycles. The highest BCUT2D eigenvalue weighted by Gasteiger charge is 2.41. The van der Waals surface area contributed by atoms with E-state index in [-0.39, 0.29) is 17.9 Å². The van der Waals surface area contributed by atoms with E-state index >= 15 is 0 Å². The highest BCUT2D eigenvalue weighted by Crippen LogP contribution is 2.40. The zero-order valence-corrected chi connectivity index (χ0v) is 20.9. The van der Waals surface area contributed by atoms with Gasteiger partial charge >= 0.3 is 0 Å².